The van der Waals surface area contributed by atoms with Crippen molar-refractivity contribution in [3.8, 4) is 5.75 Å². The van der Waals surface area contributed by atoms with Crippen LogP contribution in [-0.4, -0.2) is 16.6 Å². The molecular weight excluding hydrogens is 336 g/mol. The molecule has 2 aromatic carbocycles. The zero-order chi connectivity index (χ0) is 17.6. The zero-order valence-corrected chi connectivity index (χ0v) is 14.8. The summed E-state index contributed by atoms with van der Waals surface area (Å²) in [5.74, 6) is 2.81. The monoisotopic (exact) mass is 354 g/mol. The van der Waals surface area contributed by atoms with Crippen LogP contribution in [0.25, 0.3) is 0 Å². The van der Waals surface area contributed by atoms with Crippen molar-refractivity contribution in [1.29, 1.82) is 0 Å². The maximum atomic E-state index is 6.03. The van der Waals surface area contributed by atoms with Crippen LogP contribution in [0, 0.1) is 6.92 Å². The van der Waals surface area contributed by atoms with E-state index in [-0.39, 0.29) is 0 Å². The largest absolute Gasteiger partial charge is 0.492 e. The van der Waals surface area contributed by atoms with Crippen LogP contribution in [0.2, 0.25) is 5.02 Å². The summed E-state index contributed by atoms with van der Waals surface area (Å²) in [5, 5.41) is 7.20. The van der Waals surface area contributed by atoms with Crippen LogP contribution in [0.5, 0.6) is 5.75 Å². The van der Waals surface area contributed by atoms with Gasteiger partial charge in [-0.05, 0) is 44.2 Å². The van der Waals surface area contributed by atoms with Gasteiger partial charge in [0.15, 0.2) is 0 Å². The SMILES string of the molecule is CCOc1ccccc1Nc1cc(Nc2cccc(Cl)c2)nc(C)n1. The van der Waals surface area contributed by atoms with Gasteiger partial charge < -0.3 is 15.4 Å². The summed E-state index contributed by atoms with van der Waals surface area (Å²) in [5.41, 5.74) is 1.72. The van der Waals surface area contributed by atoms with Gasteiger partial charge in [0.2, 0.25) is 0 Å². The smallest absolute Gasteiger partial charge is 0.142 e. The molecule has 25 heavy (non-hydrogen) atoms. The van der Waals surface area contributed by atoms with Crippen molar-refractivity contribution in [2.45, 2.75) is 13.8 Å². The van der Waals surface area contributed by atoms with Gasteiger partial charge in [0.05, 0.1) is 12.3 Å². The van der Waals surface area contributed by atoms with Crippen molar-refractivity contribution in [2.24, 2.45) is 0 Å². The Kier molecular flexibility index (Phi) is 5.36. The Balaban J connectivity index is 1.85. The standard InChI is InChI=1S/C19H19ClN4O/c1-3-25-17-10-5-4-9-16(17)24-19-12-18(21-13(2)22-19)23-15-8-6-7-14(20)11-15/h4-12H,3H2,1-2H3,(H2,21,22,23,24). The van der Waals surface area contributed by atoms with E-state index < -0.39 is 0 Å². The van der Waals surface area contributed by atoms with Crippen molar-refractivity contribution in [3.63, 3.8) is 0 Å². The molecule has 3 aromatic rings. The van der Waals surface area contributed by atoms with Crippen LogP contribution in [0.1, 0.15) is 12.7 Å². The summed E-state index contributed by atoms with van der Waals surface area (Å²) in [6.45, 7) is 4.41. The van der Waals surface area contributed by atoms with Gasteiger partial charge in [-0.25, -0.2) is 9.97 Å². The van der Waals surface area contributed by atoms with E-state index in [4.69, 9.17) is 16.3 Å². The number of aryl methyl sites for hydroxylation is 1. The second kappa shape index (κ2) is 7.85. The van der Waals surface area contributed by atoms with Gasteiger partial charge in [0.1, 0.15) is 23.2 Å². The summed E-state index contributed by atoms with van der Waals surface area (Å²) in [6.07, 6.45) is 0. The second-order valence-corrected chi connectivity index (χ2v) is 5.81. The maximum absolute atomic E-state index is 6.03. The molecule has 0 aliphatic rings. The normalized spacial score (nSPS) is 10.4. The van der Waals surface area contributed by atoms with Crippen molar-refractivity contribution < 1.29 is 4.74 Å². The first-order valence-corrected chi connectivity index (χ1v) is 8.39. The van der Waals surface area contributed by atoms with E-state index in [1.165, 1.54) is 0 Å². The number of nitrogens with one attached hydrogen (secondary N) is 2. The number of benzene rings is 2. The first-order chi connectivity index (χ1) is 12.1. The Hall–Kier alpha value is -2.79. The van der Waals surface area contributed by atoms with Crippen molar-refractivity contribution in [1.82, 2.24) is 9.97 Å². The number of para-hydroxylation sites is 2. The Morgan fingerprint density at radius 3 is 2.48 bits per heavy atom. The highest BCUT2D eigenvalue weighted by Crippen LogP contribution is 2.28. The van der Waals surface area contributed by atoms with E-state index in [1.807, 2.05) is 68.4 Å². The highest BCUT2D eigenvalue weighted by atomic mass is 35.5. The first-order valence-electron chi connectivity index (χ1n) is 8.01. The number of nitrogens with zero attached hydrogens (tertiary/aromatic N) is 2. The topological polar surface area (TPSA) is 59.1 Å². The quantitative estimate of drug-likeness (QED) is 0.627. The van der Waals surface area contributed by atoms with Crippen molar-refractivity contribution in [2.75, 3.05) is 17.2 Å². The summed E-state index contributed by atoms with van der Waals surface area (Å²) >= 11 is 6.03. The van der Waals surface area contributed by atoms with Gasteiger partial charge in [-0.15, -0.1) is 0 Å². The second-order valence-electron chi connectivity index (χ2n) is 5.38. The summed E-state index contributed by atoms with van der Waals surface area (Å²) in [6, 6.07) is 17.1. The molecule has 0 bridgehead atoms. The maximum Gasteiger partial charge on any atom is 0.142 e. The van der Waals surface area contributed by atoms with E-state index in [0.29, 0.717) is 29.1 Å². The van der Waals surface area contributed by atoms with Gasteiger partial charge in [-0.1, -0.05) is 29.8 Å². The third-order valence-electron chi connectivity index (χ3n) is 3.38. The molecule has 0 atom stereocenters. The van der Waals surface area contributed by atoms with E-state index in [0.717, 1.165) is 17.1 Å². The third kappa shape index (κ3) is 4.61. The number of rotatable bonds is 6. The number of hydrogen-bond donors (Lipinski definition) is 2. The van der Waals surface area contributed by atoms with Gasteiger partial charge in [-0.2, -0.15) is 0 Å². The minimum absolute atomic E-state index is 0.600. The average Bonchev–Trinajstić information content (AvgIpc) is 2.56. The molecule has 1 aromatic heterocycles. The van der Waals surface area contributed by atoms with Crippen LogP contribution in [-0.2, 0) is 0 Å². The minimum atomic E-state index is 0.600. The van der Waals surface area contributed by atoms with Crippen LogP contribution in [0.3, 0.4) is 0 Å². The minimum Gasteiger partial charge on any atom is -0.492 e. The highest BCUT2D eigenvalue weighted by molar-refractivity contribution is 6.30. The lowest BCUT2D eigenvalue weighted by Crippen LogP contribution is -2.03. The Bertz CT molecular complexity index is 870. The van der Waals surface area contributed by atoms with Crippen molar-refractivity contribution >= 4 is 34.6 Å². The lowest BCUT2D eigenvalue weighted by Gasteiger charge is -2.13. The molecule has 6 heteroatoms. The molecule has 0 fully saturated rings. The summed E-state index contributed by atoms with van der Waals surface area (Å²) in [7, 11) is 0. The number of anilines is 4. The number of ether oxygens (including phenoxy) is 1. The molecule has 0 amide bonds. The predicted molar refractivity (Wildman–Crippen MR) is 102 cm³/mol. The molecule has 0 spiro atoms. The van der Waals surface area contributed by atoms with E-state index in [2.05, 4.69) is 20.6 Å². The molecule has 3 rings (SSSR count). The van der Waals surface area contributed by atoms with E-state index in [9.17, 15) is 0 Å². The lowest BCUT2D eigenvalue weighted by molar-refractivity contribution is 0.342. The van der Waals surface area contributed by atoms with Crippen LogP contribution < -0.4 is 15.4 Å². The molecule has 0 aliphatic heterocycles. The molecule has 0 saturated heterocycles. The van der Waals surface area contributed by atoms with Gasteiger partial charge in [0, 0.05) is 16.8 Å². The van der Waals surface area contributed by atoms with E-state index in [1.54, 1.807) is 0 Å². The van der Waals surface area contributed by atoms with Crippen LogP contribution in [0.4, 0.5) is 23.0 Å². The fourth-order valence-electron chi connectivity index (χ4n) is 2.40. The number of aromatic nitrogens is 2. The zero-order valence-electron chi connectivity index (χ0n) is 14.1. The molecule has 0 aliphatic carbocycles. The average molecular weight is 355 g/mol. The fraction of sp³-hybridized carbons (Fsp3) is 0.158. The molecule has 0 unspecified atom stereocenters. The predicted octanol–water partition coefficient (Wildman–Crippen LogP) is 5.32. The van der Waals surface area contributed by atoms with Gasteiger partial charge in [0.25, 0.3) is 0 Å². The highest BCUT2D eigenvalue weighted by Gasteiger charge is 2.07. The van der Waals surface area contributed by atoms with Crippen LogP contribution in [0.15, 0.2) is 54.6 Å². The number of hydrogen-bond acceptors (Lipinski definition) is 5. The summed E-state index contributed by atoms with van der Waals surface area (Å²) < 4.78 is 5.64. The van der Waals surface area contributed by atoms with Gasteiger partial charge >= 0.3 is 0 Å². The molecule has 5 nitrogen and oxygen atoms in total. The molecular formula is C19H19ClN4O. The Morgan fingerprint density at radius 2 is 1.72 bits per heavy atom. The molecule has 128 valence electrons. The fourth-order valence-corrected chi connectivity index (χ4v) is 2.59. The van der Waals surface area contributed by atoms with Crippen molar-refractivity contribution in [3.05, 3.63) is 65.4 Å². The third-order valence-corrected chi connectivity index (χ3v) is 3.62. The molecule has 0 saturated carbocycles. The Morgan fingerprint density at radius 1 is 0.960 bits per heavy atom. The Labute approximate surface area is 152 Å². The van der Waals surface area contributed by atoms with Crippen LogP contribution >= 0.6 is 11.6 Å². The van der Waals surface area contributed by atoms with E-state index >= 15 is 0 Å². The number of halogens is 1. The molecule has 2 N–H and O–H groups in total. The molecule has 1 heterocycles. The molecule has 0 radical (unpaired) electrons. The summed E-state index contributed by atoms with van der Waals surface area (Å²) in [4.78, 5) is 8.87. The lowest BCUT2D eigenvalue weighted by atomic mass is 10.3. The first kappa shape index (κ1) is 17.0. The van der Waals surface area contributed by atoms with Gasteiger partial charge in [-0.3, -0.25) is 0 Å².